The van der Waals surface area contributed by atoms with Crippen molar-refractivity contribution in [1.82, 2.24) is 9.55 Å². The normalized spacial score (nSPS) is 21.2. The molecular formula is C23H24Cl2N2O2S. The van der Waals surface area contributed by atoms with Gasteiger partial charge in [-0.2, -0.15) is 11.8 Å². The molecule has 0 bridgehead atoms. The maximum atomic E-state index is 6.49. The molecule has 4 rings (SSSR count). The second-order valence-corrected chi connectivity index (χ2v) is 9.30. The molecule has 1 saturated heterocycles. The van der Waals surface area contributed by atoms with E-state index in [9.17, 15) is 0 Å². The highest BCUT2D eigenvalue weighted by Gasteiger charge is 2.41. The number of aryl methyl sites for hydroxylation is 1. The molecule has 3 aromatic rings. The summed E-state index contributed by atoms with van der Waals surface area (Å²) in [4.78, 5) is 4.15. The van der Waals surface area contributed by atoms with Crippen LogP contribution in [0.1, 0.15) is 17.5 Å². The number of aromatic nitrogens is 2. The predicted molar refractivity (Wildman–Crippen MR) is 123 cm³/mol. The SMILES string of the molecule is Clc1ccc(CC[C@]2(Cn3ccnc3)OC[C@H](CSCc3ccccc3Cl)O2)cc1. The first-order valence-electron chi connectivity index (χ1n) is 9.95. The van der Waals surface area contributed by atoms with Gasteiger partial charge in [0.15, 0.2) is 5.79 Å². The summed E-state index contributed by atoms with van der Waals surface area (Å²) in [6, 6.07) is 15.9. The van der Waals surface area contributed by atoms with Crippen LogP contribution in [0.4, 0.5) is 0 Å². The fraction of sp³-hybridized carbons (Fsp3) is 0.348. The molecule has 0 saturated carbocycles. The Kier molecular flexibility index (Phi) is 7.39. The molecule has 1 fully saturated rings. The number of hydrogen-bond acceptors (Lipinski definition) is 4. The largest absolute Gasteiger partial charge is 0.345 e. The summed E-state index contributed by atoms with van der Waals surface area (Å²) in [7, 11) is 0. The van der Waals surface area contributed by atoms with E-state index in [1.807, 2.05) is 52.9 Å². The van der Waals surface area contributed by atoms with E-state index >= 15 is 0 Å². The lowest BCUT2D eigenvalue weighted by molar-refractivity contribution is -0.180. The first-order chi connectivity index (χ1) is 14.6. The summed E-state index contributed by atoms with van der Waals surface area (Å²) in [5.74, 6) is 1.06. The van der Waals surface area contributed by atoms with Gasteiger partial charge in [0.2, 0.25) is 0 Å². The summed E-state index contributed by atoms with van der Waals surface area (Å²) in [6.07, 6.45) is 7.18. The van der Waals surface area contributed by atoms with Gasteiger partial charge < -0.3 is 14.0 Å². The average molecular weight is 463 g/mol. The lowest BCUT2D eigenvalue weighted by atomic mass is 10.0. The van der Waals surface area contributed by atoms with Crippen LogP contribution < -0.4 is 0 Å². The van der Waals surface area contributed by atoms with E-state index in [-0.39, 0.29) is 6.10 Å². The number of nitrogens with zero attached hydrogens (tertiary/aromatic N) is 2. The van der Waals surface area contributed by atoms with Gasteiger partial charge in [-0.25, -0.2) is 4.98 Å². The van der Waals surface area contributed by atoms with Crippen LogP contribution in [0.25, 0.3) is 0 Å². The van der Waals surface area contributed by atoms with Gasteiger partial charge in [-0.05, 0) is 35.7 Å². The molecule has 2 atom stereocenters. The Morgan fingerprint density at radius 3 is 2.73 bits per heavy atom. The fourth-order valence-electron chi connectivity index (χ4n) is 3.55. The van der Waals surface area contributed by atoms with Crippen molar-refractivity contribution in [1.29, 1.82) is 0 Å². The zero-order chi connectivity index (χ0) is 20.8. The molecule has 30 heavy (non-hydrogen) atoms. The van der Waals surface area contributed by atoms with Crippen molar-refractivity contribution in [2.45, 2.75) is 37.0 Å². The second kappa shape index (κ2) is 10.2. The highest BCUT2D eigenvalue weighted by atomic mass is 35.5. The van der Waals surface area contributed by atoms with Gasteiger partial charge in [0.1, 0.15) is 0 Å². The van der Waals surface area contributed by atoms with Gasteiger partial charge in [0.25, 0.3) is 0 Å². The molecule has 158 valence electrons. The molecule has 0 amide bonds. The monoisotopic (exact) mass is 462 g/mol. The van der Waals surface area contributed by atoms with E-state index < -0.39 is 5.79 Å². The van der Waals surface area contributed by atoms with Crippen molar-refractivity contribution in [2.75, 3.05) is 12.4 Å². The molecule has 0 aliphatic carbocycles. The highest BCUT2D eigenvalue weighted by Crippen LogP contribution is 2.33. The number of halogens is 2. The minimum absolute atomic E-state index is 0.0474. The number of hydrogen-bond donors (Lipinski definition) is 0. The Hall–Kier alpha value is -1.50. The number of rotatable bonds is 9. The zero-order valence-corrected chi connectivity index (χ0v) is 18.9. The molecule has 0 unspecified atom stereocenters. The number of ether oxygens (including phenoxy) is 2. The van der Waals surface area contributed by atoms with Crippen LogP contribution >= 0.6 is 35.0 Å². The first kappa shape index (κ1) is 21.7. The van der Waals surface area contributed by atoms with Crippen LogP contribution in [0.15, 0.2) is 67.3 Å². The van der Waals surface area contributed by atoms with Crippen LogP contribution in [0.2, 0.25) is 10.0 Å². The second-order valence-electron chi connectivity index (χ2n) is 7.43. The van der Waals surface area contributed by atoms with Gasteiger partial charge in [0, 0.05) is 40.4 Å². The third-order valence-corrected chi connectivity index (χ3v) is 6.87. The molecule has 1 aromatic heterocycles. The minimum atomic E-state index is -0.657. The summed E-state index contributed by atoms with van der Waals surface area (Å²) < 4.78 is 14.8. The Labute approximate surface area is 191 Å². The van der Waals surface area contributed by atoms with Gasteiger partial charge in [0.05, 0.1) is 25.6 Å². The molecule has 0 spiro atoms. The number of thioether (sulfide) groups is 1. The maximum absolute atomic E-state index is 6.49. The molecule has 1 aliphatic rings. The van der Waals surface area contributed by atoms with E-state index in [2.05, 4.69) is 23.2 Å². The molecule has 2 aromatic carbocycles. The lowest BCUT2D eigenvalue weighted by Crippen LogP contribution is -2.37. The van der Waals surface area contributed by atoms with Gasteiger partial charge >= 0.3 is 0 Å². The highest BCUT2D eigenvalue weighted by molar-refractivity contribution is 7.98. The molecular weight excluding hydrogens is 439 g/mol. The zero-order valence-electron chi connectivity index (χ0n) is 16.5. The van der Waals surface area contributed by atoms with E-state index in [1.165, 1.54) is 5.56 Å². The van der Waals surface area contributed by atoms with Gasteiger partial charge in [-0.3, -0.25) is 0 Å². The predicted octanol–water partition coefficient (Wildman–Crippen LogP) is 5.87. The van der Waals surface area contributed by atoms with Gasteiger partial charge in [-0.1, -0.05) is 53.5 Å². The van der Waals surface area contributed by atoms with E-state index in [4.69, 9.17) is 32.7 Å². The first-order valence-corrected chi connectivity index (χ1v) is 11.9. The third-order valence-electron chi connectivity index (χ3n) is 5.12. The van der Waals surface area contributed by atoms with Crippen LogP contribution in [0.3, 0.4) is 0 Å². The van der Waals surface area contributed by atoms with Crippen LogP contribution in [0.5, 0.6) is 0 Å². The Morgan fingerprint density at radius 1 is 1.13 bits per heavy atom. The Balaban J connectivity index is 1.36. The average Bonchev–Trinajstić information content (AvgIpc) is 3.40. The van der Waals surface area contributed by atoms with E-state index in [1.54, 1.807) is 12.5 Å². The van der Waals surface area contributed by atoms with Crippen LogP contribution in [-0.2, 0) is 28.2 Å². The molecule has 0 N–H and O–H groups in total. The van der Waals surface area contributed by atoms with Gasteiger partial charge in [-0.15, -0.1) is 0 Å². The Morgan fingerprint density at radius 2 is 1.97 bits per heavy atom. The van der Waals surface area contributed by atoms with E-state index in [0.29, 0.717) is 13.2 Å². The Bertz CT molecular complexity index is 937. The molecule has 0 radical (unpaired) electrons. The quantitative estimate of drug-likeness (QED) is 0.398. The van der Waals surface area contributed by atoms with Crippen molar-refractivity contribution in [3.05, 3.63) is 88.4 Å². The maximum Gasteiger partial charge on any atom is 0.187 e. The van der Waals surface area contributed by atoms with E-state index in [0.717, 1.165) is 40.0 Å². The fourth-order valence-corrected chi connectivity index (χ4v) is 4.98. The summed E-state index contributed by atoms with van der Waals surface area (Å²) >= 11 is 14.1. The smallest absolute Gasteiger partial charge is 0.187 e. The molecule has 7 heteroatoms. The standard InChI is InChI=1S/C23H24Cl2N2O2S/c24-20-7-5-18(6-8-20)9-10-23(16-27-12-11-26-17-27)28-13-21(29-23)15-30-14-19-3-1-2-4-22(19)25/h1-8,11-12,17,21H,9-10,13-16H2/t21-,23+/m1/s1. The summed E-state index contributed by atoms with van der Waals surface area (Å²) in [5, 5.41) is 1.56. The minimum Gasteiger partial charge on any atom is -0.345 e. The van der Waals surface area contributed by atoms with Crippen LogP contribution in [-0.4, -0.2) is 33.8 Å². The van der Waals surface area contributed by atoms with Crippen molar-refractivity contribution in [3.8, 4) is 0 Å². The lowest BCUT2D eigenvalue weighted by Gasteiger charge is -2.28. The number of benzene rings is 2. The number of imidazole rings is 1. The summed E-state index contributed by atoms with van der Waals surface area (Å²) in [6.45, 7) is 1.21. The van der Waals surface area contributed by atoms with Crippen LogP contribution in [0, 0.1) is 0 Å². The topological polar surface area (TPSA) is 36.3 Å². The van der Waals surface area contributed by atoms with Crippen molar-refractivity contribution >= 4 is 35.0 Å². The van der Waals surface area contributed by atoms with Crippen molar-refractivity contribution < 1.29 is 9.47 Å². The molecule has 2 heterocycles. The summed E-state index contributed by atoms with van der Waals surface area (Å²) in [5.41, 5.74) is 2.36. The molecule has 1 aliphatic heterocycles. The van der Waals surface area contributed by atoms with Crippen molar-refractivity contribution in [2.24, 2.45) is 0 Å². The third kappa shape index (κ3) is 5.80. The molecule has 4 nitrogen and oxygen atoms in total. The van der Waals surface area contributed by atoms with Crippen molar-refractivity contribution in [3.63, 3.8) is 0 Å².